The molecule has 0 atom stereocenters. The molecule has 94 valence electrons. The summed E-state index contributed by atoms with van der Waals surface area (Å²) in [5.74, 6) is 0.871. The Balaban J connectivity index is 2.12. The lowest BCUT2D eigenvalue weighted by molar-refractivity contribution is 0.301. The van der Waals surface area contributed by atoms with Crippen LogP contribution in [0.4, 0.5) is 4.39 Å². The molecule has 0 saturated carbocycles. The molecule has 0 saturated heterocycles. The fourth-order valence-corrected chi connectivity index (χ4v) is 2.29. The normalized spacial score (nSPS) is 10.4. The Hall–Kier alpha value is -1.06. The van der Waals surface area contributed by atoms with Crippen LogP contribution in [-0.4, -0.2) is 0 Å². The van der Waals surface area contributed by atoms with Crippen molar-refractivity contribution < 1.29 is 9.13 Å². The van der Waals surface area contributed by atoms with Gasteiger partial charge in [0.1, 0.15) is 18.2 Å². The zero-order valence-electron chi connectivity index (χ0n) is 9.50. The molecular formula is C14H11BrClFO. The van der Waals surface area contributed by atoms with Gasteiger partial charge in [0.25, 0.3) is 0 Å². The molecule has 0 heterocycles. The first-order valence-electron chi connectivity index (χ1n) is 5.41. The Morgan fingerprint density at radius 2 is 1.83 bits per heavy atom. The molecule has 0 aliphatic rings. The van der Waals surface area contributed by atoms with Crippen LogP contribution in [0.2, 0.25) is 0 Å². The van der Waals surface area contributed by atoms with Crippen LogP contribution < -0.4 is 4.74 Å². The van der Waals surface area contributed by atoms with Crippen LogP contribution in [0.15, 0.2) is 46.9 Å². The maximum Gasteiger partial charge on any atom is 0.138 e. The van der Waals surface area contributed by atoms with E-state index in [9.17, 15) is 4.39 Å². The van der Waals surface area contributed by atoms with Gasteiger partial charge in [0.05, 0.1) is 10.4 Å². The third-order valence-electron chi connectivity index (χ3n) is 2.49. The molecule has 0 fully saturated rings. The first-order chi connectivity index (χ1) is 8.70. The molecule has 0 N–H and O–H groups in total. The molecule has 2 rings (SSSR count). The van der Waals surface area contributed by atoms with Crippen molar-refractivity contribution >= 4 is 27.5 Å². The minimum Gasteiger partial charge on any atom is -0.487 e. The zero-order chi connectivity index (χ0) is 13.0. The van der Waals surface area contributed by atoms with E-state index in [2.05, 4.69) is 15.9 Å². The highest BCUT2D eigenvalue weighted by atomic mass is 79.9. The number of halogens is 3. The Bertz CT molecular complexity index is 528. The van der Waals surface area contributed by atoms with Gasteiger partial charge < -0.3 is 4.74 Å². The maximum atomic E-state index is 12.8. The zero-order valence-corrected chi connectivity index (χ0v) is 11.8. The van der Waals surface area contributed by atoms with Crippen LogP contribution in [-0.2, 0) is 12.5 Å². The Kier molecular flexibility index (Phi) is 4.61. The lowest BCUT2D eigenvalue weighted by atomic mass is 10.2. The third kappa shape index (κ3) is 3.24. The molecule has 1 nitrogen and oxygen atoms in total. The number of para-hydroxylation sites is 1. The van der Waals surface area contributed by atoms with Crippen LogP contribution >= 0.6 is 27.5 Å². The van der Waals surface area contributed by atoms with Crippen molar-refractivity contribution in [3.63, 3.8) is 0 Å². The number of rotatable bonds is 4. The van der Waals surface area contributed by atoms with Crippen molar-refractivity contribution in [3.8, 4) is 5.75 Å². The second-order valence-corrected chi connectivity index (χ2v) is 4.90. The van der Waals surface area contributed by atoms with E-state index in [1.165, 1.54) is 12.1 Å². The summed E-state index contributed by atoms with van der Waals surface area (Å²) in [5.41, 5.74) is 1.83. The van der Waals surface area contributed by atoms with E-state index in [0.717, 1.165) is 21.3 Å². The highest BCUT2D eigenvalue weighted by Gasteiger charge is 2.07. The van der Waals surface area contributed by atoms with Crippen molar-refractivity contribution in [3.05, 3.63) is 63.9 Å². The number of hydrogen-bond acceptors (Lipinski definition) is 1. The largest absolute Gasteiger partial charge is 0.487 e. The van der Waals surface area contributed by atoms with Crippen LogP contribution in [0.25, 0.3) is 0 Å². The van der Waals surface area contributed by atoms with Gasteiger partial charge in [0, 0.05) is 5.56 Å². The molecule has 0 bridgehead atoms. The molecule has 0 amide bonds. The summed E-state index contributed by atoms with van der Waals surface area (Å²) in [5, 5.41) is 0. The predicted molar refractivity (Wildman–Crippen MR) is 74.4 cm³/mol. The van der Waals surface area contributed by atoms with Crippen molar-refractivity contribution in [2.45, 2.75) is 12.5 Å². The number of alkyl halides is 1. The molecule has 0 aromatic heterocycles. The van der Waals surface area contributed by atoms with Gasteiger partial charge in [-0.3, -0.25) is 0 Å². The Morgan fingerprint density at radius 3 is 2.50 bits per heavy atom. The maximum absolute atomic E-state index is 12.8. The predicted octanol–water partition coefficient (Wildman–Crippen LogP) is 4.91. The van der Waals surface area contributed by atoms with Crippen LogP contribution in [0.1, 0.15) is 11.1 Å². The molecule has 2 aromatic rings. The summed E-state index contributed by atoms with van der Waals surface area (Å²) in [6.07, 6.45) is 0. The van der Waals surface area contributed by atoms with E-state index >= 15 is 0 Å². The van der Waals surface area contributed by atoms with Crippen LogP contribution in [0.3, 0.4) is 0 Å². The van der Waals surface area contributed by atoms with Crippen molar-refractivity contribution in [1.29, 1.82) is 0 Å². The van der Waals surface area contributed by atoms with E-state index in [0.29, 0.717) is 12.5 Å². The Labute approximate surface area is 119 Å². The Morgan fingerprint density at radius 1 is 1.11 bits per heavy atom. The van der Waals surface area contributed by atoms with Crippen LogP contribution in [0.5, 0.6) is 5.75 Å². The summed E-state index contributed by atoms with van der Waals surface area (Å²) in [6.45, 7) is 0.382. The monoisotopic (exact) mass is 328 g/mol. The van der Waals surface area contributed by atoms with Gasteiger partial charge in [-0.2, -0.15) is 0 Å². The van der Waals surface area contributed by atoms with Crippen molar-refractivity contribution in [2.24, 2.45) is 0 Å². The SMILES string of the molecule is Fc1ccc(COc2c(Br)cccc2CCl)cc1. The fraction of sp³-hybridized carbons (Fsp3) is 0.143. The smallest absolute Gasteiger partial charge is 0.138 e. The quantitative estimate of drug-likeness (QED) is 0.725. The molecule has 2 aromatic carbocycles. The summed E-state index contributed by atoms with van der Waals surface area (Å²) in [4.78, 5) is 0. The molecule has 4 heteroatoms. The van der Waals surface area contributed by atoms with Gasteiger partial charge in [-0.1, -0.05) is 24.3 Å². The molecule has 0 unspecified atom stereocenters. The standard InChI is InChI=1S/C14H11BrClFO/c15-13-3-1-2-11(8-16)14(13)18-9-10-4-6-12(17)7-5-10/h1-7H,8-9H2. The first kappa shape index (κ1) is 13.4. The van der Waals surface area contributed by atoms with Gasteiger partial charge in [-0.25, -0.2) is 4.39 Å². The number of hydrogen-bond donors (Lipinski definition) is 0. The fourth-order valence-electron chi connectivity index (χ4n) is 1.56. The highest BCUT2D eigenvalue weighted by molar-refractivity contribution is 9.10. The lowest BCUT2D eigenvalue weighted by Crippen LogP contribution is -1.98. The first-order valence-corrected chi connectivity index (χ1v) is 6.74. The van der Waals surface area contributed by atoms with Gasteiger partial charge in [-0.15, -0.1) is 11.6 Å². The van der Waals surface area contributed by atoms with Gasteiger partial charge in [-0.05, 0) is 39.7 Å². The number of benzene rings is 2. The minimum atomic E-state index is -0.249. The van der Waals surface area contributed by atoms with E-state index in [1.807, 2.05) is 18.2 Å². The molecule has 0 aliphatic heterocycles. The second-order valence-electron chi connectivity index (χ2n) is 3.78. The molecule has 0 spiro atoms. The average Bonchev–Trinajstić information content (AvgIpc) is 2.39. The lowest BCUT2D eigenvalue weighted by Gasteiger charge is -2.11. The highest BCUT2D eigenvalue weighted by Crippen LogP contribution is 2.30. The van der Waals surface area contributed by atoms with E-state index < -0.39 is 0 Å². The summed E-state index contributed by atoms with van der Waals surface area (Å²) in [6, 6.07) is 12.0. The van der Waals surface area contributed by atoms with Crippen LogP contribution in [0, 0.1) is 5.82 Å². The summed E-state index contributed by atoms with van der Waals surface area (Å²) in [7, 11) is 0. The minimum absolute atomic E-state index is 0.249. The molecule has 0 aliphatic carbocycles. The summed E-state index contributed by atoms with van der Waals surface area (Å²) >= 11 is 9.29. The molecule has 18 heavy (non-hydrogen) atoms. The molecule has 0 radical (unpaired) electrons. The van der Waals surface area contributed by atoms with E-state index in [4.69, 9.17) is 16.3 Å². The van der Waals surface area contributed by atoms with Gasteiger partial charge >= 0.3 is 0 Å². The van der Waals surface area contributed by atoms with E-state index in [1.54, 1.807) is 12.1 Å². The molecular weight excluding hydrogens is 319 g/mol. The van der Waals surface area contributed by atoms with Crippen molar-refractivity contribution in [1.82, 2.24) is 0 Å². The van der Waals surface area contributed by atoms with Crippen molar-refractivity contribution in [2.75, 3.05) is 0 Å². The third-order valence-corrected chi connectivity index (χ3v) is 3.40. The van der Waals surface area contributed by atoms with Gasteiger partial charge in [0.15, 0.2) is 0 Å². The van der Waals surface area contributed by atoms with Gasteiger partial charge in [0.2, 0.25) is 0 Å². The average molecular weight is 330 g/mol. The van der Waals surface area contributed by atoms with E-state index in [-0.39, 0.29) is 5.82 Å². The number of ether oxygens (including phenoxy) is 1. The topological polar surface area (TPSA) is 9.23 Å². The second kappa shape index (κ2) is 6.21. The summed E-state index contributed by atoms with van der Waals surface area (Å²) < 4.78 is 19.4.